The molecule has 0 unspecified atom stereocenters. The quantitative estimate of drug-likeness (QED) is 0.716. The molecule has 4 rings (SSSR count). The van der Waals surface area contributed by atoms with Crippen molar-refractivity contribution in [3.8, 4) is 16.6 Å². The lowest BCUT2D eigenvalue weighted by molar-refractivity contribution is 0.730. The molecule has 0 radical (unpaired) electrons. The molecule has 0 N–H and O–H groups in total. The number of fused-ring (bicyclic) bond motifs is 1. The van der Waals surface area contributed by atoms with E-state index in [0.29, 0.717) is 5.69 Å². The first-order chi connectivity index (χ1) is 11.2. The van der Waals surface area contributed by atoms with Crippen molar-refractivity contribution in [2.24, 2.45) is 0 Å². The largest absolute Gasteiger partial charge is 0.352 e. The molecule has 23 heavy (non-hydrogen) atoms. The van der Waals surface area contributed by atoms with Crippen molar-refractivity contribution >= 4 is 28.5 Å². The fourth-order valence-electron chi connectivity index (χ4n) is 2.71. The monoisotopic (exact) mass is 339 g/mol. The summed E-state index contributed by atoms with van der Waals surface area (Å²) in [5.74, 6) is 0.819. The maximum Gasteiger partial charge on any atom is 0.145 e. The molecule has 0 bridgehead atoms. The van der Waals surface area contributed by atoms with Crippen molar-refractivity contribution in [3.63, 3.8) is 0 Å². The van der Waals surface area contributed by atoms with Gasteiger partial charge in [-0.05, 0) is 25.0 Å². The van der Waals surface area contributed by atoms with Gasteiger partial charge in [-0.25, -0.2) is 15.0 Å². The minimum atomic E-state index is 0.407. The van der Waals surface area contributed by atoms with E-state index in [1.54, 1.807) is 17.4 Å². The number of aromatic nitrogens is 3. The molecule has 0 atom stereocenters. The van der Waals surface area contributed by atoms with Crippen LogP contribution in [0.4, 0.5) is 5.82 Å². The van der Waals surface area contributed by atoms with Gasteiger partial charge in [-0.1, -0.05) is 0 Å². The van der Waals surface area contributed by atoms with Crippen LogP contribution in [-0.2, 0) is 13.0 Å². The Morgan fingerprint density at radius 2 is 2.22 bits per heavy atom. The fourth-order valence-corrected chi connectivity index (χ4v) is 4.52. The van der Waals surface area contributed by atoms with E-state index in [2.05, 4.69) is 37.4 Å². The third kappa shape index (κ3) is 2.71. The highest BCUT2D eigenvalue weighted by molar-refractivity contribution is 7.16. The van der Waals surface area contributed by atoms with Gasteiger partial charge >= 0.3 is 0 Å². The summed E-state index contributed by atoms with van der Waals surface area (Å²) in [6.45, 7) is 3.76. The van der Waals surface area contributed by atoms with Gasteiger partial charge in [0.2, 0.25) is 0 Å². The van der Waals surface area contributed by atoms with Gasteiger partial charge in [0.05, 0.1) is 15.6 Å². The molecule has 0 aliphatic carbocycles. The Morgan fingerprint density at radius 1 is 1.30 bits per heavy atom. The van der Waals surface area contributed by atoms with E-state index < -0.39 is 0 Å². The predicted octanol–water partition coefficient (Wildman–Crippen LogP) is 3.40. The Balaban J connectivity index is 1.62. The van der Waals surface area contributed by atoms with E-state index in [-0.39, 0.29) is 0 Å². The van der Waals surface area contributed by atoms with Crippen molar-refractivity contribution in [1.29, 1.82) is 5.26 Å². The highest BCUT2D eigenvalue weighted by Gasteiger charge is 2.21. The normalized spacial score (nSPS) is 13.7. The van der Waals surface area contributed by atoms with E-state index in [9.17, 15) is 0 Å². The van der Waals surface area contributed by atoms with Gasteiger partial charge in [0.1, 0.15) is 23.9 Å². The first-order valence-corrected chi connectivity index (χ1v) is 8.94. The second kappa shape index (κ2) is 5.72. The summed E-state index contributed by atoms with van der Waals surface area (Å²) in [5, 5.41) is 12.2. The number of hydrogen-bond donors (Lipinski definition) is 0. The molecule has 3 aromatic heterocycles. The lowest BCUT2D eigenvalue weighted by Gasteiger charge is -2.27. The lowest BCUT2D eigenvalue weighted by atomic mass is 10.1. The van der Waals surface area contributed by atoms with Gasteiger partial charge in [0.15, 0.2) is 0 Å². The van der Waals surface area contributed by atoms with Crippen molar-refractivity contribution in [2.75, 3.05) is 11.4 Å². The minimum Gasteiger partial charge on any atom is -0.352 e. The lowest BCUT2D eigenvalue weighted by Crippen LogP contribution is -2.30. The highest BCUT2D eigenvalue weighted by Crippen LogP contribution is 2.35. The van der Waals surface area contributed by atoms with Gasteiger partial charge in [0.25, 0.3) is 0 Å². The average Bonchev–Trinajstić information content (AvgIpc) is 3.20. The number of nitrogens with zero attached hydrogens (tertiary/aromatic N) is 5. The van der Waals surface area contributed by atoms with E-state index >= 15 is 0 Å². The first-order valence-electron chi connectivity index (χ1n) is 7.24. The molecule has 4 heterocycles. The SMILES string of the molecule is Cc1nc(-c2cc3c(s2)CCN(c2cc(C#N)ncn2)C3)cs1. The molecule has 0 fully saturated rings. The Hall–Kier alpha value is -2.30. The van der Waals surface area contributed by atoms with Crippen molar-refractivity contribution in [1.82, 2.24) is 15.0 Å². The predicted molar refractivity (Wildman–Crippen MR) is 91.7 cm³/mol. The third-order valence-corrected chi connectivity index (χ3v) is 5.86. The number of thiazole rings is 1. The number of nitriles is 1. The molecular formula is C16H13N5S2. The van der Waals surface area contributed by atoms with Crippen LogP contribution in [0.15, 0.2) is 23.8 Å². The zero-order valence-electron chi connectivity index (χ0n) is 12.5. The zero-order valence-corrected chi connectivity index (χ0v) is 14.1. The molecule has 7 heteroatoms. The fraction of sp³-hybridized carbons (Fsp3) is 0.250. The molecule has 0 spiro atoms. The molecule has 3 aromatic rings. The van der Waals surface area contributed by atoms with E-state index in [1.807, 2.05) is 18.3 Å². The Bertz CT molecular complexity index is 905. The van der Waals surface area contributed by atoms with Crippen LogP contribution in [0.5, 0.6) is 0 Å². The molecule has 114 valence electrons. The summed E-state index contributed by atoms with van der Waals surface area (Å²) in [7, 11) is 0. The molecule has 0 amide bonds. The van der Waals surface area contributed by atoms with Crippen LogP contribution in [0.2, 0.25) is 0 Å². The van der Waals surface area contributed by atoms with Crippen LogP contribution in [0.1, 0.15) is 21.1 Å². The zero-order chi connectivity index (χ0) is 15.8. The van der Waals surface area contributed by atoms with Crippen molar-refractivity contribution in [2.45, 2.75) is 19.9 Å². The highest BCUT2D eigenvalue weighted by atomic mass is 32.1. The van der Waals surface area contributed by atoms with Crippen LogP contribution in [0, 0.1) is 18.3 Å². The van der Waals surface area contributed by atoms with Crippen LogP contribution in [0.3, 0.4) is 0 Å². The minimum absolute atomic E-state index is 0.407. The van der Waals surface area contributed by atoms with Crippen LogP contribution >= 0.6 is 22.7 Å². The summed E-state index contributed by atoms with van der Waals surface area (Å²) in [6, 6.07) is 6.07. The summed E-state index contributed by atoms with van der Waals surface area (Å²) in [6.07, 6.45) is 2.45. The number of rotatable bonds is 2. The Morgan fingerprint density at radius 3 is 3.00 bits per heavy atom. The van der Waals surface area contributed by atoms with E-state index in [4.69, 9.17) is 5.26 Å². The second-order valence-electron chi connectivity index (χ2n) is 5.36. The number of anilines is 1. The van der Waals surface area contributed by atoms with Crippen LogP contribution < -0.4 is 4.90 Å². The standard InChI is InChI=1S/C16H13N5S2/c1-10-20-13(8-22-10)15-4-11-7-21(3-2-14(11)23-15)16-5-12(6-17)18-9-19-16/h4-5,8-9H,2-3,7H2,1H3. The summed E-state index contributed by atoms with van der Waals surface area (Å²) in [5.41, 5.74) is 2.82. The Labute approximate surface area is 141 Å². The number of thiophene rings is 1. The van der Waals surface area contributed by atoms with Gasteiger partial charge in [-0.15, -0.1) is 22.7 Å². The summed E-state index contributed by atoms with van der Waals surface area (Å²) in [4.78, 5) is 17.7. The maximum absolute atomic E-state index is 8.99. The average molecular weight is 339 g/mol. The van der Waals surface area contributed by atoms with Crippen LogP contribution in [0.25, 0.3) is 10.6 Å². The number of aryl methyl sites for hydroxylation is 1. The van der Waals surface area contributed by atoms with E-state index in [1.165, 1.54) is 21.6 Å². The molecular weight excluding hydrogens is 326 g/mol. The number of hydrogen-bond acceptors (Lipinski definition) is 7. The Kier molecular flexibility index (Phi) is 3.56. The maximum atomic E-state index is 8.99. The topological polar surface area (TPSA) is 65.7 Å². The summed E-state index contributed by atoms with van der Waals surface area (Å²) < 4.78 is 0. The van der Waals surface area contributed by atoms with Gasteiger partial charge in [0, 0.05) is 29.4 Å². The van der Waals surface area contributed by atoms with Gasteiger partial charge in [-0.3, -0.25) is 0 Å². The molecule has 5 nitrogen and oxygen atoms in total. The van der Waals surface area contributed by atoms with Gasteiger partial charge < -0.3 is 4.90 Å². The van der Waals surface area contributed by atoms with Crippen molar-refractivity contribution in [3.05, 3.63) is 45.0 Å². The molecule has 0 aromatic carbocycles. The van der Waals surface area contributed by atoms with Gasteiger partial charge in [-0.2, -0.15) is 5.26 Å². The molecule has 1 aliphatic rings. The summed E-state index contributed by atoms with van der Waals surface area (Å²) >= 11 is 3.52. The molecule has 1 aliphatic heterocycles. The van der Waals surface area contributed by atoms with Crippen molar-refractivity contribution < 1.29 is 0 Å². The first kappa shape index (κ1) is 14.3. The smallest absolute Gasteiger partial charge is 0.145 e. The third-order valence-electron chi connectivity index (χ3n) is 3.83. The van der Waals surface area contributed by atoms with Crippen LogP contribution in [-0.4, -0.2) is 21.5 Å². The molecule has 0 saturated carbocycles. The molecule has 0 saturated heterocycles. The second-order valence-corrected chi connectivity index (χ2v) is 7.55. The van der Waals surface area contributed by atoms with E-state index in [0.717, 1.165) is 36.0 Å².